The van der Waals surface area contributed by atoms with Crippen molar-refractivity contribution < 1.29 is 9.59 Å². The molecule has 1 aromatic rings. The standard InChI is InChI=1S/C19H27N3O2/c1-14(2)18(23)21-12-10-20(11-13-21)15(3)19(24)22-9-8-16-6-4-5-7-17(16)22/h4-7,14-15H,8-13H2,1-3H3. The van der Waals surface area contributed by atoms with E-state index in [1.807, 2.05) is 48.8 Å². The van der Waals surface area contributed by atoms with Gasteiger partial charge in [0.25, 0.3) is 0 Å². The molecule has 0 bridgehead atoms. The number of anilines is 1. The van der Waals surface area contributed by atoms with Gasteiger partial charge in [0.05, 0.1) is 6.04 Å². The Morgan fingerprint density at radius 3 is 2.25 bits per heavy atom. The summed E-state index contributed by atoms with van der Waals surface area (Å²) in [7, 11) is 0. The molecule has 1 atom stereocenters. The zero-order valence-corrected chi connectivity index (χ0v) is 14.9. The Labute approximate surface area is 144 Å². The highest BCUT2D eigenvalue weighted by Gasteiger charge is 2.33. The monoisotopic (exact) mass is 329 g/mol. The van der Waals surface area contributed by atoms with Gasteiger partial charge in [0.2, 0.25) is 11.8 Å². The highest BCUT2D eigenvalue weighted by molar-refractivity contribution is 5.98. The lowest BCUT2D eigenvalue weighted by molar-refractivity contribution is -0.137. The van der Waals surface area contributed by atoms with Crippen molar-refractivity contribution in [3.63, 3.8) is 0 Å². The Kier molecular flexibility index (Phi) is 4.90. The molecule has 2 aliphatic rings. The van der Waals surface area contributed by atoms with Crippen LogP contribution in [0.15, 0.2) is 24.3 Å². The molecule has 0 aliphatic carbocycles. The zero-order valence-electron chi connectivity index (χ0n) is 14.9. The van der Waals surface area contributed by atoms with Gasteiger partial charge in [-0.1, -0.05) is 32.0 Å². The summed E-state index contributed by atoms with van der Waals surface area (Å²) in [4.78, 5) is 31.1. The molecule has 2 heterocycles. The van der Waals surface area contributed by atoms with Crippen molar-refractivity contribution in [1.82, 2.24) is 9.80 Å². The van der Waals surface area contributed by atoms with Crippen LogP contribution in [0.3, 0.4) is 0 Å². The number of para-hydroxylation sites is 1. The first-order chi connectivity index (χ1) is 11.5. The van der Waals surface area contributed by atoms with Crippen molar-refractivity contribution in [2.24, 2.45) is 5.92 Å². The molecule has 0 N–H and O–H groups in total. The third kappa shape index (κ3) is 3.18. The maximum Gasteiger partial charge on any atom is 0.244 e. The van der Waals surface area contributed by atoms with E-state index in [4.69, 9.17) is 0 Å². The second kappa shape index (κ2) is 6.93. The number of amides is 2. The fraction of sp³-hybridized carbons (Fsp3) is 0.579. The third-order valence-corrected chi connectivity index (χ3v) is 5.18. The van der Waals surface area contributed by atoms with Crippen LogP contribution in [0.25, 0.3) is 0 Å². The lowest BCUT2D eigenvalue weighted by Gasteiger charge is -2.39. The first-order valence-electron chi connectivity index (χ1n) is 8.91. The molecular formula is C19H27N3O2. The van der Waals surface area contributed by atoms with Crippen molar-refractivity contribution in [2.75, 3.05) is 37.6 Å². The SMILES string of the molecule is CC(C)C(=O)N1CCN(C(C)C(=O)N2CCc3ccccc32)CC1. The quantitative estimate of drug-likeness (QED) is 0.849. The van der Waals surface area contributed by atoms with Gasteiger partial charge in [0.1, 0.15) is 0 Å². The van der Waals surface area contributed by atoms with Gasteiger partial charge in [-0.25, -0.2) is 0 Å². The summed E-state index contributed by atoms with van der Waals surface area (Å²) < 4.78 is 0. The Bertz CT molecular complexity index is 621. The van der Waals surface area contributed by atoms with Gasteiger partial charge in [-0.2, -0.15) is 0 Å². The van der Waals surface area contributed by atoms with Gasteiger partial charge in [-0.3, -0.25) is 14.5 Å². The number of fused-ring (bicyclic) bond motifs is 1. The molecule has 24 heavy (non-hydrogen) atoms. The molecule has 2 aliphatic heterocycles. The highest BCUT2D eigenvalue weighted by Crippen LogP contribution is 2.28. The number of nitrogens with zero attached hydrogens (tertiary/aromatic N) is 3. The van der Waals surface area contributed by atoms with E-state index >= 15 is 0 Å². The number of piperazine rings is 1. The first-order valence-corrected chi connectivity index (χ1v) is 8.91. The molecule has 0 aromatic heterocycles. The van der Waals surface area contributed by atoms with E-state index in [9.17, 15) is 9.59 Å². The molecule has 1 unspecified atom stereocenters. The molecule has 0 spiro atoms. The normalized spacial score (nSPS) is 19.5. The number of benzene rings is 1. The van der Waals surface area contributed by atoms with E-state index in [1.54, 1.807) is 0 Å². The number of carbonyl (C=O) groups excluding carboxylic acids is 2. The molecule has 1 fully saturated rings. The van der Waals surface area contributed by atoms with Gasteiger partial charge in [-0.05, 0) is 25.0 Å². The van der Waals surface area contributed by atoms with E-state index in [0.29, 0.717) is 13.1 Å². The molecule has 5 heteroatoms. The molecule has 0 radical (unpaired) electrons. The van der Waals surface area contributed by atoms with Crippen molar-refractivity contribution in [3.05, 3.63) is 29.8 Å². The molecular weight excluding hydrogens is 302 g/mol. The average Bonchev–Trinajstić information content (AvgIpc) is 3.04. The summed E-state index contributed by atoms with van der Waals surface area (Å²) >= 11 is 0. The summed E-state index contributed by atoms with van der Waals surface area (Å²) in [6.45, 7) is 9.59. The van der Waals surface area contributed by atoms with Crippen molar-refractivity contribution in [3.8, 4) is 0 Å². The Morgan fingerprint density at radius 1 is 0.917 bits per heavy atom. The summed E-state index contributed by atoms with van der Waals surface area (Å²) in [5.41, 5.74) is 2.31. The molecule has 1 aromatic carbocycles. The minimum Gasteiger partial charge on any atom is -0.340 e. The smallest absolute Gasteiger partial charge is 0.244 e. The molecule has 1 saturated heterocycles. The van der Waals surface area contributed by atoms with Crippen LogP contribution in [0.1, 0.15) is 26.3 Å². The maximum atomic E-state index is 12.9. The minimum atomic E-state index is -0.146. The predicted octanol–water partition coefficient (Wildman–Crippen LogP) is 1.76. The van der Waals surface area contributed by atoms with Crippen LogP contribution in [0, 0.1) is 5.92 Å². The van der Waals surface area contributed by atoms with Crippen LogP contribution in [0.5, 0.6) is 0 Å². The summed E-state index contributed by atoms with van der Waals surface area (Å²) in [6, 6.07) is 8.01. The van der Waals surface area contributed by atoms with Crippen LogP contribution >= 0.6 is 0 Å². The van der Waals surface area contributed by atoms with E-state index in [1.165, 1.54) is 5.56 Å². The second-order valence-corrected chi connectivity index (χ2v) is 7.06. The molecule has 3 rings (SSSR count). The number of hydrogen-bond donors (Lipinski definition) is 0. The van der Waals surface area contributed by atoms with Gasteiger partial charge < -0.3 is 9.80 Å². The fourth-order valence-corrected chi connectivity index (χ4v) is 3.64. The van der Waals surface area contributed by atoms with E-state index in [-0.39, 0.29) is 23.8 Å². The Hall–Kier alpha value is -1.88. The van der Waals surface area contributed by atoms with E-state index in [2.05, 4.69) is 11.0 Å². The van der Waals surface area contributed by atoms with Gasteiger partial charge >= 0.3 is 0 Å². The van der Waals surface area contributed by atoms with Crippen LogP contribution < -0.4 is 4.90 Å². The maximum absolute atomic E-state index is 12.9. The largest absolute Gasteiger partial charge is 0.340 e. The third-order valence-electron chi connectivity index (χ3n) is 5.18. The molecule has 130 valence electrons. The molecule has 5 nitrogen and oxygen atoms in total. The number of hydrogen-bond acceptors (Lipinski definition) is 3. The zero-order chi connectivity index (χ0) is 17.3. The van der Waals surface area contributed by atoms with Crippen LogP contribution in [-0.4, -0.2) is 60.4 Å². The predicted molar refractivity (Wildman–Crippen MR) is 95.0 cm³/mol. The lowest BCUT2D eigenvalue weighted by atomic mass is 10.1. The fourth-order valence-electron chi connectivity index (χ4n) is 3.64. The van der Waals surface area contributed by atoms with Gasteiger partial charge in [0.15, 0.2) is 0 Å². The first kappa shape index (κ1) is 17.0. The molecule has 2 amide bonds. The summed E-state index contributed by atoms with van der Waals surface area (Å²) in [5, 5.41) is 0. The Balaban J connectivity index is 1.61. The summed E-state index contributed by atoms with van der Waals surface area (Å²) in [5.74, 6) is 0.419. The van der Waals surface area contributed by atoms with Crippen LogP contribution in [-0.2, 0) is 16.0 Å². The van der Waals surface area contributed by atoms with Crippen molar-refractivity contribution >= 4 is 17.5 Å². The van der Waals surface area contributed by atoms with Crippen LogP contribution in [0.4, 0.5) is 5.69 Å². The molecule has 0 saturated carbocycles. The summed E-state index contributed by atoms with van der Waals surface area (Å²) in [6.07, 6.45) is 0.936. The van der Waals surface area contributed by atoms with Gasteiger partial charge in [0, 0.05) is 44.3 Å². The Morgan fingerprint density at radius 2 is 1.58 bits per heavy atom. The van der Waals surface area contributed by atoms with Crippen molar-refractivity contribution in [1.29, 1.82) is 0 Å². The number of rotatable bonds is 3. The van der Waals surface area contributed by atoms with Crippen molar-refractivity contribution in [2.45, 2.75) is 33.2 Å². The van der Waals surface area contributed by atoms with Gasteiger partial charge in [-0.15, -0.1) is 0 Å². The minimum absolute atomic E-state index is 0.0386. The van der Waals surface area contributed by atoms with E-state index in [0.717, 1.165) is 31.7 Å². The van der Waals surface area contributed by atoms with Crippen LogP contribution in [0.2, 0.25) is 0 Å². The average molecular weight is 329 g/mol. The lowest BCUT2D eigenvalue weighted by Crippen LogP contribution is -2.56. The second-order valence-electron chi connectivity index (χ2n) is 7.06. The van der Waals surface area contributed by atoms with E-state index < -0.39 is 0 Å². The highest BCUT2D eigenvalue weighted by atomic mass is 16.2. The topological polar surface area (TPSA) is 43.9 Å². The number of carbonyl (C=O) groups is 2.